The topological polar surface area (TPSA) is 105 Å². The number of hydrogen-bond donors (Lipinski definition) is 3. The van der Waals surface area contributed by atoms with Gasteiger partial charge in [-0.05, 0) is 24.3 Å². The van der Waals surface area contributed by atoms with E-state index in [0.717, 1.165) is 41.2 Å². The molecule has 4 N–H and O–H groups in total. The second-order valence-corrected chi connectivity index (χ2v) is 7.57. The third kappa shape index (κ3) is 3.57. The quantitative estimate of drug-likeness (QED) is 0.421. The molecular formula is C23H23N7O. The average Bonchev–Trinajstić information content (AvgIpc) is 3.35. The Balaban J connectivity index is 1.42. The van der Waals surface area contributed by atoms with Crippen molar-refractivity contribution in [2.75, 3.05) is 18.4 Å². The summed E-state index contributed by atoms with van der Waals surface area (Å²) in [6.45, 7) is 6.77. The molecule has 8 heteroatoms. The number of nitrogens with one attached hydrogen (secondary N) is 2. The SMILES string of the molecule is C=CCN1CCn2c(nc(-c3ccc(Nc4nc5ccccc5[nH]4)cc3)c2C(N)=O)C1. The summed E-state index contributed by atoms with van der Waals surface area (Å²) in [4.78, 5) is 27.0. The maximum Gasteiger partial charge on any atom is 0.267 e. The number of H-pyrrole nitrogens is 1. The van der Waals surface area contributed by atoms with Crippen molar-refractivity contribution >= 4 is 28.6 Å². The highest BCUT2D eigenvalue weighted by atomic mass is 16.1. The fraction of sp³-hybridized carbons (Fsp3) is 0.174. The Morgan fingerprint density at radius 3 is 2.71 bits per heavy atom. The molecule has 0 fully saturated rings. The number of fused-ring (bicyclic) bond motifs is 2. The predicted molar refractivity (Wildman–Crippen MR) is 121 cm³/mol. The summed E-state index contributed by atoms with van der Waals surface area (Å²) >= 11 is 0. The second-order valence-electron chi connectivity index (χ2n) is 7.57. The van der Waals surface area contributed by atoms with E-state index < -0.39 is 5.91 Å². The Kier molecular flexibility index (Phi) is 4.76. The van der Waals surface area contributed by atoms with Gasteiger partial charge in [-0.2, -0.15) is 0 Å². The van der Waals surface area contributed by atoms with Gasteiger partial charge in [0.15, 0.2) is 0 Å². The molecule has 2 aromatic carbocycles. The van der Waals surface area contributed by atoms with Crippen molar-refractivity contribution in [3.8, 4) is 11.3 Å². The summed E-state index contributed by atoms with van der Waals surface area (Å²) in [6, 6.07) is 15.6. The number of rotatable bonds is 6. The molecule has 0 atom stereocenters. The lowest BCUT2D eigenvalue weighted by Gasteiger charge is -2.26. The molecule has 0 bridgehead atoms. The molecule has 0 spiro atoms. The van der Waals surface area contributed by atoms with Crippen LogP contribution in [0.15, 0.2) is 61.2 Å². The number of hydrogen-bond acceptors (Lipinski definition) is 5. The van der Waals surface area contributed by atoms with Gasteiger partial charge >= 0.3 is 0 Å². The summed E-state index contributed by atoms with van der Waals surface area (Å²) < 4.78 is 1.94. The van der Waals surface area contributed by atoms with E-state index in [-0.39, 0.29) is 0 Å². The number of imidazole rings is 2. The van der Waals surface area contributed by atoms with Crippen LogP contribution < -0.4 is 11.1 Å². The maximum absolute atomic E-state index is 12.2. The average molecular weight is 413 g/mol. The van der Waals surface area contributed by atoms with Crippen LogP contribution in [0.5, 0.6) is 0 Å². The van der Waals surface area contributed by atoms with Crippen molar-refractivity contribution in [1.29, 1.82) is 0 Å². The first-order chi connectivity index (χ1) is 15.1. The molecule has 1 aliphatic heterocycles. The molecule has 0 saturated heterocycles. The third-order valence-corrected chi connectivity index (χ3v) is 5.48. The van der Waals surface area contributed by atoms with Gasteiger partial charge < -0.3 is 20.6 Å². The van der Waals surface area contributed by atoms with Gasteiger partial charge in [0.05, 0.1) is 17.6 Å². The van der Waals surface area contributed by atoms with Crippen LogP contribution in [-0.2, 0) is 13.1 Å². The summed E-state index contributed by atoms with van der Waals surface area (Å²) in [6.07, 6.45) is 1.88. The van der Waals surface area contributed by atoms with E-state index in [1.807, 2.05) is 59.2 Å². The largest absolute Gasteiger partial charge is 0.364 e. The van der Waals surface area contributed by atoms with Crippen LogP contribution in [0.4, 0.5) is 11.6 Å². The summed E-state index contributed by atoms with van der Waals surface area (Å²) in [5.41, 5.74) is 10.4. The Hall–Kier alpha value is -3.91. The minimum absolute atomic E-state index is 0.463. The molecular weight excluding hydrogens is 390 g/mol. The summed E-state index contributed by atoms with van der Waals surface area (Å²) in [5, 5.41) is 3.28. The van der Waals surface area contributed by atoms with Crippen molar-refractivity contribution in [3.05, 3.63) is 72.7 Å². The fourth-order valence-electron chi connectivity index (χ4n) is 4.03. The van der Waals surface area contributed by atoms with E-state index in [1.165, 1.54) is 0 Å². The zero-order valence-electron chi connectivity index (χ0n) is 17.0. The zero-order valence-corrected chi connectivity index (χ0v) is 17.0. The molecule has 0 saturated carbocycles. The smallest absolute Gasteiger partial charge is 0.267 e. The summed E-state index contributed by atoms with van der Waals surface area (Å²) in [7, 11) is 0. The monoisotopic (exact) mass is 413 g/mol. The van der Waals surface area contributed by atoms with Crippen LogP contribution in [0.25, 0.3) is 22.3 Å². The normalized spacial score (nSPS) is 13.8. The van der Waals surface area contributed by atoms with Gasteiger partial charge in [-0.3, -0.25) is 9.69 Å². The minimum atomic E-state index is -0.463. The lowest BCUT2D eigenvalue weighted by Crippen LogP contribution is -2.35. The molecule has 8 nitrogen and oxygen atoms in total. The highest BCUT2D eigenvalue weighted by Gasteiger charge is 2.26. The number of aromatic nitrogens is 4. The van der Waals surface area contributed by atoms with Gasteiger partial charge in [0.25, 0.3) is 5.91 Å². The minimum Gasteiger partial charge on any atom is -0.364 e. The number of nitrogens with zero attached hydrogens (tertiary/aromatic N) is 4. The molecule has 1 aliphatic rings. The number of carbonyl (C=O) groups excluding carboxylic acids is 1. The van der Waals surface area contributed by atoms with E-state index >= 15 is 0 Å². The molecule has 5 rings (SSSR count). The van der Waals surface area contributed by atoms with E-state index in [0.29, 0.717) is 30.4 Å². The highest BCUT2D eigenvalue weighted by Crippen LogP contribution is 2.28. The molecule has 1 amide bonds. The van der Waals surface area contributed by atoms with Gasteiger partial charge in [-0.1, -0.05) is 30.3 Å². The highest BCUT2D eigenvalue weighted by molar-refractivity contribution is 5.97. The number of anilines is 2. The second kappa shape index (κ2) is 7.73. The van der Waals surface area contributed by atoms with Gasteiger partial charge in [-0.25, -0.2) is 9.97 Å². The Morgan fingerprint density at radius 2 is 1.97 bits per heavy atom. The van der Waals surface area contributed by atoms with Crippen molar-refractivity contribution < 1.29 is 4.79 Å². The van der Waals surface area contributed by atoms with Crippen LogP contribution in [0.3, 0.4) is 0 Å². The van der Waals surface area contributed by atoms with Crippen LogP contribution in [0, 0.1) is 0 Å². The number of amides is 1. The standard InChI is InChI=1S/C23H23N7O/c1-2-11-29-12-13-30-19(14-29)28-20(21(30)22(24)31)15-7-9-16(10-8-15)25-23-26-17-5-3-4-6-18(17)27-23/h2-10H,1,11-14H2,(H2,24,31)(H2,25,26,27). The first-order valence-electron chi connectivity index (χ1n) is 10.2. The van der Waals surface area contributed by atoms with E-state index in [4.69, 9.17) is 10.7 Å². The fourth-order valence-corrected chi connectivity index (χ4v) is 4.03. The molecule has 4 aromatic rings. The van der Waals surface area contributed by atoms with Crippen molar-refractivity contribution in [2.45, 2.75) is 13.1 Å². The molecule has 0 unspecified atom stereocenters. The molecule has 0 radical (unpaired) electrons. The lowest BCUT2D eigenvalue weighted by molar-refractivity contribution is 0.0988. The number of benzene rings is 2. The third-order valence-electron chi connectivity index (χ3n) is 5.48. The molecule has 156 valence electrons. The first kappa shape index (κ1) is 19.1. The number of primary amides is 1. The van der Waals surface area contributed by atoms with Crippen LogP contribution in [0.2, 0.25) is 0 Å². The predicted octanol–water partition coefficient (Wildman–Crippen LogP) is 3.27. The van der Waals surface area contributed by atoms with Gasteiger partial charge in [0, 0.05) is 30.9 Å². The number of carbonyl (C=O) groups is 1. The molecule has 0 aliphatic carbocycles. The van der Waals surface area contributed by atoms with Gasteiger partial charge in [-0.15, -0.1) is 6.58 Å². The van der Waals surface area contributed by atoms with Gasteiger partial charge in [0.2, 0.25) is 5.95 Å². The van der Waals surface area contributed by atoms with E-state index in [2.05, 4.69) is 26.8 Å². The Morgan fingerprint density at radius 1 is 1.16 bits per heavy atom. The molecule has 3 heterocycles. The van der Waals surface area contributed by atoms with Crippen LogP contribution >= 0.6 is 0 Å². The maximum atomic E-state index is 12.2. The van der Waals surface area contributed by atoms with Crippen LogP contribution in [0.1, 0.15) is 16.3 Å². The zero-order chi connectivity index (χ0) is 21.4. The van der Waals surface area contributed by atoms with Crippen molar-refractivity contribution in [1.82, 2.24) is 24.4 Å². The van der Waals surface area contributed by atoms with E-state index in [9.17, 15) is 4.79 Å². The van der Waals surface area contributed by atoms with Gasteiger partial charge in [0.1, 0.15) is 17.2 Å². The molecule has 2 aromatic heterocycles. The lowest BCUT2D eigenvalue weighted by atomic mass is 10.1. The van der Waals surface area contributed by atoms with Crippen molar-refractivity contribution in [3.63, 3.8) is 0 Å². The number of nitrogens with two attached hydrogens (primary N) is 1. The number of para-hydroxylation sites is 2. The van der Waals surface area contributed by atoms with Crippen LogP contribution in [-0.4, -0.2) is 43.4 Å². The van der Waals surface area contributed by atoms with Crippen molar-refractivity contribution in [2.24, 2.45) is 5.73 Å². The Labute approximate surface area is 179 Å². The number of aromatic amines is 1. The first-order valence-corrected chi connectivity index (χ1v) is 10.2. The summed E-state index contributed by atoms with van der Waals surface area (Å²) in [5.74, 6) is 1.06. The molecule has 31 heavy (non-hydrogen) atoms. The van der Waals surface area contributed by atoms with E-state index in [1.54, 1.807) is 0 Å². The Bertz CT molecular complexity index is 1240.